The number of carbonyl (C=O) groups excluding carboxylic acids is 2. The number of primary amides is 1. The molecule has 3 N–H and O–H groups in total. The van der Waals surface area contributed by atoms with Crippen molar-refractivity contribution in [2.45, 2.75) is 24.9 Å². The molecule has 13 heteroatoms. The first-order valence-electron chi connectivity index (χ1n) is 6.16. The molecule has 1 aromatic heterocycles. The maximum atomic E-state index is 12.2. The maximum absolute atomic E-state index is 12.2. The van der Waals surface area contributed by atoms with E-state index in [-0.39, 0.29) is 18.3 Å². The molecular formula is C9H11N5O7S. The van der Waals surface area contributed by atoms with E-state index < -0.39 is 34.4 Å². The number of aromatic nitrogens is 2. The molecule has 1 unspecified atom stereocenters. The van der Waals surface area contributed by atoms with Crippen LogP contribution in [0.2, 0.25) is 0 Å². The predicted octanol–water partition coefficient (Wildman–Crippen LogP) is -1.16. The molecule has 0 spiro atoms. The molecule has 2 aliphatic rings. The molecule has 120 valence electrons. The number of hydrogen-bond donors (Lipinski definition) is 2. The molecular weight excluding hydrogens is 322 g/mol. The Labute approximate surface area is 123 Å². The van der Waals surface area contributed by atoms with Crippen molar-refractivity contribution in [2.75, 3.05) is 6.54 Å². The maximum Gasteiger partial charge on any atom is 0.418 e. The average Bonchev–Trinajstić information content (AvgIpc) is 2.99. The van der Waals surface area contributed by atoms with Crippen LogP contribution >= 0.6 is 0 Å². The molecule has 3 amide bonds. The molecule has 2 fully saturated rings. The molecule has 0 aromatic carbocycles. The summed E-state index contributed by atoms with van der Waals surface area (Å²) < 4.78 is 39.7. The molecule has 1 aromatic rings. The molecule has 3 heterocycles. The summed E-state index contributed by atoms with van der Waals surface area (Å²) >= 11 is 0. The number of carbonyl (C=O) groups is 2. The Morgan fingerprint density at radius 3 is 2.73 bits per heavy atom. The number of urea groups is 1. The fourth-order valence-electron chi connectivity index (χ4n) is 2.56. The van der Waals surface area contributed by atoms with Gasteiger partial charge in [0.05, 0.1) is 6.04 Å². The van der Waals surface area contributed by atoms with Crippen LogP contribution in [0, 0.1) is 0 Å². The average molecular weight is 333 g/mol. The summed E-state index contributed by atoms with van der Waals surface area (Å²) in [5.74, 6) is -1.25. The van der Waals surface area contributed by atoms with E-state index in [2.05, 4.69) is 14.5 Å². The third-order valence-corrected chi connectivity index (χ3v) is 3.78. The first kappa shape index (κ1) is 14.7. The summed E-state index contributed by atoms with van der Waals surface area (Å²) in [5, 5.41) is 7.74. The number of rotatable bonds is 4. The fourth-order valence-corrected chi connectivity index (χ4v) is 2.95. The van der Waals surface area contributed by atoms with E-state index in [1.54, 1.807) is 0 Å². The van der Waals surface area contributed by atoms with Crippen LogP contribution in [0.5, 0.6) is 0 Å². The van der Waals surface area contributed by atoms with E-state index in [0.29, 0.717) is 17.9 Å². The second-order valence-electron chi connectivity index (χ2n) is 4.82. The number of amides is 3. The summed E-state index contributed by atoms with van der Waals surface area (Å²) in [7, 11) is -4.80. The van der Waals surface area contributed by atoms with E-state index in [9.17, 15) is 18.0 Å². The van der Waals surface area contributed by atoms with E-state index in [1.165, 1.54) is 4.90 Å². The van der Waals surface area contributed by atoms with Gasteiger partial charge in [-0.3, -0.25) is 9.35 Å². The number of nitrogens with two attached hydrogens (primary N) is 1. The molecule has 2 bridgehead atoms. The van der Waals surface area contributed by atoms with Crippen molar-refractivity contribution in [2.24, 2.45) is 5.73 Å². The van der Waals surface area contributed by atoms with Gasteiger partial charge in [-0.25, -0.2) is 4.79 Å². The lowest BCUT2D eigenvalue weighted by Gasteiger charge is -2.27. The lowest BCUT2D eigenvalue weighted by atomic mass is 10.0. The predicted molar refractivity (Wildman–Crippen MR) is 65.2 cm³/mol. The lowest BCUT2D eigenvalue weighted by molar-refractivity contribution is -0.0317. The van der Waals surface area contributed by atoms with Crippen LogP contribution in [0.1, 0.15) is 35.5 Å². The molecule has 2 saturated heterocycles. The highest BCUT2D eigenvalue weighted by Gasteiger charge is 2.49. The highest BCUT2D eigenvalue weighted by molar-refractivity contribution is 7.80. The molecule has 2 atom stereocenters. The van der Waals surface area contributed by atoms with Gasteiger partial charge in [0.15, 0.2) is 0 Å². The van der Waals surface area contributed by atoms with Crippen LogP contribution in [-0.2, 0) is 14.7 Å². The van der Waals surface area contributed by atoms with Crippen molar-refractivity contribution in [3.63, 3.8) is 0 Å². The summed E-state index contributed by atoms with van der Waals surface area (Å²) in [5.41, 5.74) is 5.01. The molecule has 0 radical (unpaired) electrons. The highest BCUT2D eigenvalue weighted by Crippen LogP contribution is 2.38. The van der Waals surface area contributed by atoms with Crippen molar-refractivity contribution >= 4 is 22.3 Å². The normalized spacial score (nSPS) is 24.9. The van der Waals surface area contributed by atoms with Crippen molar-refractivity contribution < 1.29 is 31.3 Å². The summed E-state index contributed by atoms with van der Waals surface area (Å²) in [6.45, 7) is 0.160. The first-order chi connectivity index (χ1) is 10.3. The number of hydrogen-bond acceptors (Lipinski definition) is 8. The Morgan fingerprint density at radius 2 is 2.14 bits per heavy atom. The first-order valence-corrected chi connectivity index (χ1v) is 7.53. The molecule has 12 nitrogen and oxygen atoms in total. The van der Waals surface area contributed by atoms with Crippen LogP contribution < -0.4 is 5.73 Å². The number of fused-ring (bicyclic) bond motifs is 2. The zero-order chi connectivity index (χ0) is 16.1. The zero-order valence-corrected chi connectivity index (χ0v) is 11.8. The third kappa shape index (κ3) is 2.49. The summed E-state index contributed by atoms with van der Waals surface area (Å²) in [4.78, 5) is 24.4. The van der Waals surface area contributed by atoms with Crippen LogP contribution in [0.4, 0.5) is 4.79 Å². The van der Waals surface area contributed by atoms with Gasteiger partial charge in [-0.1, -0.05) is 0 Å². The largest absolute Gasteiger partial charge is 0.418 e. The van der Waals surface area contributed by atoms with Crippen molar-refractivity contribution in [1.82, 2.24) is 20.2 Å². The van der Waals surface area contributed by atoms with Crippen LogP contribution in [-0.4, -0.2) is 57.7 Å². The third-order valence-electron chi connectivity index (χ3n) is 3.43. The van der Waals surface area contributed by atoms with Gasteiger partial charge in [0.25, 0.3) is 0 Å². The topological polar surface area (TPSA) is 169 Å². The van der Waals surface area contributed by atoms with Gasteiger partial charge in [-0.2, -0.15) is 13.5 Å². The van der Waals surface area contributed by atoms with Crippen molar-refractivity contribution in [3.8, 4) is 0 Å². The lowest BCUT2D eigenvalue weighted by Crippen LogP contribution is -2.35. The van der Waals surface area contributed by atoms with E-state index in [1.807, 2.05) is 0 Å². The van der Waals surface area contributed by atoms with E-state index in [4.69, 9.17) is 14.7 Å². The minimum Gasteiger partial charge on any atom is -0.415 e. The Bertz CT molecular complexity index is 730. The van der Waals surface area contributed by atoms with Crippen LogP contribution in [0.15, 0.2) is 4.42 Å². The Kier molecular flexibility index (Phi) is 3.26. The Morgan fingerprint density at radius 1 is 1.41 bits per heavy atom. The quantitative estimate of drug-likeness (QED) is 0.645. The van der Waals surface area contributed by atoms with E-state index in [0.717, 1.165) is 0 Å². The van der Waals surface area contributed by atoms with Gasteiger partial charge in [0.1, 0.15) is 6.04 Å². The monoisotopic (exact) mass is 333 g/mol. The van der Waals surface area contributed by atoms with Gasteiger partial charge in [0.2, 0.25) is 5.89 Å². The van der Waals surface area contributed by atoms with Gasteiger partial charge >= 0.3 is 28.2 Å². The Hall–Kier alpha value is -2.25. The minimum absolute atomic E-state index is 0.0225. The second-order valence-corrected chi connectivity index (χ2v) is 5.82. The highest BCUT2D eigenvalue weighted by atomic mass is 32.3. The van der Waals surface area contributed by atoms with Crippen LogP contribution in [0.25, 0.3) is 0 Å². The molecule has 22 heavy (non-hydrogen) atoms. The van der Waals surface area contributed by atoms with Gasteiger partial charge in [-0.05, 0) is 12.8 Å². The number of nitrogens with zero attached hydrogens (tertiary/aromatic N) is 4. The number of piperidine rings is 1. The fraction of sp³-hybridized carbons (Fsp3) is 0.556. The smallest absolute Gasteiger partial charge is 0.415 e. The molecule has 2 aliphatic heterocycles. The summed E-state index contributed by atoms with van der Waals surface area (Å²) in [6.07, 6.45) is 0.777. The molecule has 0 saturated carbocycles. The standard InChI is InChI=1S/C9H11N5O7S/c10-6(15)8-12-11-7(20-8)5-2-1-4-3-13(5)9(16)14(4)21-22(17,18)19/h4-5H,1-3H2,(H2,10,15)(H,17,18,19)/t4?,5-/m0/s1. The van der Waals surface area contributed by atoms with Crippen molar-refractivity contribution in [1.29, 1.82) is 0 Å². The zero-order valence-electron chi connectivity index (χ0n) is 10.9. The minimum atomic E-state index is -4.80. The summed E-state index contributed by atoms with van der Waals surface area (Å²) in [6, 6.07) is -1.91. The van der Waals surface area contributed by atoms with E-state index >= 15 is 0 Å². The second kappa shape index (κ2) is 4.89. The molecule has 3 rings (SSSR count). The number of hydroxylamine groups is 2. The van der Waals surface area contributed by atoms with Crippen LogP contribution in [0.3, 0.4) is 0 Å². The van der Waals surface area contributed by atoms with Gasteiger partial charge < -0.3 is 15.1 Å². The Balaban J connectivity index is 1.83. The van der Waals surface area contributed by atoms with Crippen molar-refractivity contribution in [3.05, 3.63) is 11.8 Å². The molecule has 0 aliphatic carbocycles. The SMILES string of the molecule is NC(=O)c1nnc([C@@H]2CCC3CN2C(=O)N3OS(=O)(=O)O)o1. The van der Waals surface area contributed by atoms with Gasteiger partial charge in [0, 0.05) is 6.54 Å². The van der Waals surface area contributed by atoms with Gasteiger partial charge in [-0.15, -0.1) is 14.5 Å².